The number of nitrogens with one attached hydrogen (secondary N) is 1. The van der Waals surface area contributed by atoms with Gasteiger partial charge in [-0.25, -0.2) is 4.79 Å². The Labute approximate surface area is 102 Å². The van der Waals surface area contributed by atoms with E-state index in [9.17, 15) is 9.59 Å². The lowest BCUT2D eigenvalue weighted by atomic mass is 10.3. The van der Waals surface area contributed by atoms with Gasteiger partial charge in [-0.15, -0.1) is 0 Å². The van der Waals surface area contributed by atoms with Crippen LogP contribution in [0.5, 0.6) is 0 Å². The topological polar surface area (TPSA) is 97.4 Å². The summed E-state index contributed by atoms with van der Waals surface area (Å²) >= 11 is 0. The molecule has 0 aliphatic heterocycles. The molecule has 94 valence electrons. The number of carbonyl (C=O) groups excluding carboxylic acids is 1. The summed E-state index contributed by atoms with van der Waals surface area (Å²) in [7, 11) is 1.69. The van der Waals surface area contributed by atoms with Crippen molar-refractivity contribution < 1.29 is 19.1 Å². The number of hydrogen-bond acceptors (Lipinski definition) is 4. The third kappa shape index (κ3) is 2.24. The second-order valence-electron chi connectivity index (χ2n) is 3.75. The van der Waals surface area contributed by atoms with Crippen LogP contribution in [0.2, 0.25) is 0 Å². The summed E-state index contributed by atoms with van der Waals surface area (Å²) in [6.07, 6.45) is 1.02. The maximum atomic E-state index is 11.8. The molecule has 0 aliphatic carbocycles. The van der Waals surface area contributed by atoms with Crippen molar-refractivity contribution in [2.24, 2.45) is 7.05 Å². The third-order valence-electron chi connectivity index (χ3n) is 2.31. The largest absolute Gasteiger partial charge is 0.478 e. The molecule has 1 amide bonds. The first-order chi connectivity index (χ1) is 8.47. The summed E-state index contributed by atoms with van der Waals surface area (Å²) in [5.74, 6) is -1.23. The molecule has 2 N–H and O–H groups in total. The number of aromatic nitrogens is 2. The van der Waals surface area contributed by atoms with Gasteiger partial charge in [-0.3, -0.25) is 9.48 Å². The van der Waals surface area contributed by atoms with Crippen molar-refractivity contribution in [2.45, 2.75) is 6.92 Å². The van der Waals surface area contributed by atoms with Crippen LogP contribution in [-0.4, -0.2) is 26.8 Å². The summed E-state index contributed by atoms with van der Waals surface area (Å²) in [4.78, 5) is 22.4. The number of aryl methyl sites for hydroxylation is 2. The Hall–Kier alpha value is -2.57. The maximum absolute atomic E-state index is 11.8. The lowest BCUT2D eigenvalue weighted by Gasteiger charge is -2.01. The van der Waals surface area contributed by atoms with Crippen LogP contribution in [0, 0.1) is 6.92 Å². The van der Waals surface area contributed by atoms with Crippen molar-refractivity contribution in [2.75, 3.05) is 5.32 Å². The van der Waals surface area contributed by atoms with Gasteiger partial charge in [0.1, 0.15) is 12.1 Å². The van der Waals surface area contributed by atoms with E-state index in [1.165, 1.54) is 10.7 Å². The number of anilines is 1. The molecular weight excluding hydrogens is 238 g/mol. The van der Waals surface area contributed by atoms with Crippen molar-refractivity contribution in [1.82, 2.24) is 9.78 Å². The molecule has 18 heavy (non-hydrogen) atoms. The standard InChI is InChI=1S/C11H11N3O4/c1-6-3-9(14(2)13-6)12-10(15)8-4-7(5-18-8)11(16)17/h3-5H,1-2H3,(H,12,15)(H,16,17). The van der Waals surface area contributed by atoms with E-state index >= 15 is 0 Å². The van der Waals surface area contributed by atoms with Gasteiger partial charge in [-0.2, -0.15) is 5.10 Å². The zero-order valence-corrected chi connectivity index (χ0v) is 9.80. The highest BCUT2D eigenvalue weighted by atomic mass is 16.4. The highest BCUT2D eigenvalue weighted by molar-refractivity contribution is 6.03. The zero-order chi connectivity index (χ0) is 13.3. The monoisotopic (exact) mass is 249 g/mol. The van der Waals surface area contributed by atoms with Gasteiger partial charge in [0, 0.05) is 19.2 Å². The summed E-state index contributed by atoms with van der Waals surface area (Å²) in [5.41, 5.74) is 0.694. The molecule has 0 unspecified atom stereocenters. The van der Waals surface area contributed by atoms with E-state index in [4.69, 9.17) is 9.52 Å². The van der Waals surface area contributed by atoms with Crippen LogP contribution in [0.25, 0.3) is 0 Å². The van der Waals surface area contributed by atoms with E-state index in [0.29, 0.717) is 5.82 Å². The fourth-order valence-corrected chi connectivity index (χ4v) is 1.47. The van der Waals surface area contributed by atoms with Crippen LogP contribution >= 0.6 is 0 Å². The first-order valence-electron chi connectivity index (χ1n) is 5.11. The third-order valence-corrected chi connectivity index (χ3v) is 2.31. The fraction of sp³-hybridized carbons (Fsp3) is 0.182. The number of nitrogens with zero attached hydrogens (tertiary/aromatic N) is 2. The molecule has 2 aromatic heterocycles. The van der Waals surface area contributed by atoms with E-state index in [1.54, 1.807) is 20.0 Å². The molecule has 0 aliphatic rings. The minimum absolute atomic E-state index is 0.0637. The molecule has 2 heterocycles. The predicted molar refractivity (Wildman–Crippen MR) is 61.6 cm³/mol. The lowest BCUT2D eigenvalue weighted by molar-refractivity contribution is 0.0696. The molecule has 0 fully saturated rings. The average molecular weight is 249 g/mol. The number of hydrogen-bond donors (Lipinski definition) is 2. The highest BCUT2D eigenvalue weighted by Gasteiger charge is 2.16. The first kappa shape index (κ1) is 11.9. The van der Waals surface area contributed by atoms with Crippen molar-refractivity contribution in [3.8, 4) is 0 Å². The number of carbonyl (C=O) groups is 2. The van der Waals surface area contributed by atoms with Crippen molar-refractivity contribution in [3.63, 3.8) is 0 Å². The molecule has 0 radical (unpaired) electrons. The van der Waals surface area contributed by atoms with Gasteiger partial charge in [-0.1, -0.05) is 0 Å². The molecule has 0 atom stereocenters. The average Bonchev–Trinajstić information content (AvgIpc) is 2.86. The van der Waals surface area contributed by atoms with Crippen molar-refractivity contribution >= 4 is 17.7 Å². The number of carboxylic acid groups (broad SMARTS) is 1. The summed E-state index contributed by atoms with van der Waals surface area (Å²) < 4.78 is 6.39. The normalized spacial score (nSPS) is 10.3. The van der Waals surface area contributed by atoms with Crippen molar-refractivity contribution in [1.29, 1.82) is 0 Å². The smallest absolute Gasteiger partial charge is 0.338 e. The number of furan rings is 1. The Kier molecular flexibility index (Phi) is 2.88. The van der Waals surface area contributed by atoms with E-state index in [1.807, 2.05) is 0 Å². The molecule has 0 saturated carbocycles. The van der Waals surface area contributed by atoms with Crippen LogP contribution in [0.15, 0.2) is 22.8 Å². The number of aromatic carboxylic acids is 1. The summed E-state index contributed by atoms with van der Waals surface area (Å²) in [5, 5.41) is 15.4. The van der Waals surface area contributed by atoms with Crippen LogP contribution in [0.4, 0.5) is 5.82 Å². The molecule has 2 aromatic rings. The van der Waals surface area contributed by atoms with Gasteiger partial charge in [0.15, 0.2) is 5.76 Å². The Balaban J connectivity index is 2.16. The van der Waals surface area contributed by atoms with Gasteiger partial charge in [0.05, 0.1) is 11.3 Å². The van der Waals surface area contributed by atoms with Crippen LogP contribution in [0.1, 0.15) is 26.6 Å². The predicted octanol–water partition coefficient (Wildman–Crippen LogP) is 1.27. The highest BCUT2D eigenvalue weighted by Crippen LogP contribution is 2.12. The SMILES string of the molecule is Cc1cc(NC(=O)c2cc(C(=O)O)co2)n(C)n1. The maximum Gasteiger partial charge on any atom is 0.338 e. The number of carboxylic acids is 1. The Morgan fingerprint density at radius 1 is 1.44 bits per heavy atom. The van der Waals surface area contributed by atoms with E-state index in [2.05, 4.69) is 10.4 Å². The lowest BCUT2D eigenvalue weighted by Crippen LogP contribution is -2.13. The van der Waals surface area contributed by atoms with Gasteiger partial charge >= 0.3 is 5.97 Å². The molecular formula is C11H11N3O4. The van der Waals surface area contributed by atoms with E-state index in [-0.39, 0.29) is 11.3 Å². The molecule has 0 saturated heterocycles. The van der Waals surface area contributed by atoms with E-state index in [0.717, 1.165) is 12.0 Å². The van der Waals surface area contributed by atoms with Crippen LogP contribution in [0.3, 0.4) is 0 Å². The summed E-state index contributed by atoms with van der Waals surface area (Å²) in [6, 6.07) is 2.86. The number of amides is 1. The fourth-order valence-electron chi connectivity index (χ4n) is 1.47. The minimum atomic E-state index is -1.14. The summed E-state index contributed by atoms with van der Waals surface area (Å²) in [6.45, 7) is 1.80. The molecule has 2 rings (SSSR count). The Morgan fingerprint density at radius 3 is 2.67 bits per heavy atom. The second kappa shape index (κ2) is 4.36. The molecule has 7 heteroatoms. The van der Waals surface area contributed by atoms with Crippen LogP contribution < -0.4 is 5.32 Å². The minimum Gasteiger partial charge on any atom is -0.478 e. The first-order valence-corrected chi connectivity index (χ1v) is 5.11. The van der Waals surface area contributed by atoms with Crippen molar-refractivity contribution in [3.05, 3.63) is 35.4 Å². The van der Waals surface area contributed by atoms with Crippen LogP contribution in [-0.2, 0) is 7.05 Å². The Morgan fingerprint density at radius 2 is 2.17 bits per heavy atom. The van der Waals surface area contributed by atoms with E-state index < -0.39 is 11.9 Å². The second-order valence-corrected chi connectivity index (χ2v) is 3.75. The zero-order valence-electron chi connectivity index (χ0n) is 9.80. The number of rotatable bonds is 3. The van der Waals surface area contributed by atoms with Gasteiger partial charge < -0.3 is 14.8 Å². The Bertz CT molecular complexity index is 612. The molecule has 0 aromatic carbocycles. The quantitative estimate of drug-likeness (QED) is 0.853. The molecule has 7 nitrogen and oxygen atoms in total. The molecule has 0 bridgehead atoms. The van der Waals surface area contributed by atoms with Gasteiger partial charge in [0.2, 0.25) is 0 Å². The van der Waals surface area contributed by atoms with Gasteiger partial charge in [-0.05, 0) is 6.92 Å². The van der Waals surface area contributed by atoms with Gasteiger partial charge in [0.25, 0.3) is 5.91 Å². The molecule has 0 spiro atoms.